The second-order valence-electron chi connectivity index (χ2n) is 5.78. The first-order valence-corrected chi connectivity index (χ1v) is 8.82. The maximum atomic E-state index is 12.3. The zero-order chi connectivity index (χ0) is 18.0. The zero-order valence-corrected chi connectivity index (χ0v) is 15.3. The van der Waals surface area contributed by atoms with Crippen molar-refractivity contribution in [2.45, 2.75) is 12.8 Å². The van der Waals surface area contributed by atoms with E-state index < -0.39 is 17.4 Å². The summed E-state index contributed by atoms with van der Waals surface area (Å²) in [7, 11) is 2.56. The third-order valence-corrected chi connectivity index (χ3v) is 5.34. The van der Waals surface area contributed by atoms with Gasteiger partial charge in [0.05, 0.1) is 19.9 Å². The number of methoxy groups -OCH3 is 2. The Balaban J connectivity index is 1.98. The number of nitrogens with zero attached hydrogens (tertiary/aromatic N) is 1. The van der Waals surface area contributed by atoms with Crippen molar-refractivity contribution in [1.82, 2.24) is 0 Å². The van der Waals surface area contributed by atoms with Crippen LogP contribution in [0.25, 0.3) is 0 Å². The van der Waals surface area contributed by atoms with Gasteiger partial charge in [0.15, 0.2) is 5.41 Å². The van der Waals surface area contributed by atoms with Crippen molar-refractivity contribution in [2.75, 3.05) is 14.2 Å². The minimum Gasteiger partial charge on any atom is -0.468 e. The molecule has 1 aromatic heterocycles. The molecule has 0 spiro atoms. The molecule has 0 bridgehead atoms. The van der Waals surface area contributed by atoms with Crippen molar-refractivity contribution in [3.63, 3.8) is 0 Å². The fourth-order valence-corrected chi connectivity index (χ4v) is 3.97. The van der Waals surface area contributed by atoms with Crippen LogP contribution in [0.4, 0.5) is 5.69 Å². The number of fused-ring (bicyclic) bond motifs is 1. The van der Waals surface area contributed by atoms with Gasteiger partial charge >= 0.3 is 11.9 Å². The highest BCUT2D eigenvalue weighted by Gasteiger charge is 2.52. The van der Waals surface area contributed by atoms with E-state index in [1.165, 1.54) is 25.6 Å². The van der Waals surface area contributed by atoms with E-state index >= 15 is 0 Å². The minimum atomic E-state index is -1.31. The van der Waals surface area contributed by atoms with Crippen molar-refractivity contribution >= 4 is 40.6 Å². The van der Waals surface area contributed by atoms with Crippen molar-refractivity contribution in [2.24, 2.45) is 10.4 Å². The van der Waals surface area contributed by atoms with Gasteiger partial charge in [0.1, 0.15) is 4.67 Å². The number of ether oxygens (including phenoxy) is 2. The number of hydrogen-bond donors (Lipinski definition) is 0. The van der Waals surface area contributed by atoms with Gasteiger partial charge in [-0.15, -0.1) is 11.3 Å². The van der Waals surface area contributed by atoms with Crippen LogP contribution in [0.1, 0.15) is 11.1 Å². The van der Waals surface area contributed by atoms with Crippen LogP contribution >= 0.6 is 22.9 Å². The summed E-state index contributed by atoms with van der Waals surface area (Å²) in [4.78, 5) is 29.1. The van der Waals surface area contributed by atoms with Crippen LogP contribution in [-0.2, 0) is 31.9 Å². The van der Waals surface area contributed by atoms with Gasteiger partial charge < -0.3 is 9.47 Å². The lowest BCUT2D eigenvalue weighted by Crippen LogP contribution is -2.42. The van der Waals surface area contributed by atoms with Crippen molar-refractivity contribution in [3.05, 3.63) is 56.5 Å². The molecule has 0 N–H and O–H groups in total. The summed E-state index contributed by atoms with van der Waals surface area (Å²) in [6, 6.07) is 9.11. The fourth-order valence-electron chi connectivity index (χ4n) is 2.98. The quantitative estimate of drug-likeness (QED) is 0.609. The molecular formula is C18H16ClNO4S. The van der Waals surface area contributed by atoms with E-state index in [9.17, 15) is 9.59 Å². The standard InChI is InChI=1S/C18H16ClNO4S/c1-23-16(21)18(17(22)24-2)8-11-7-15(25-10-12(11)9-18)20-14-5-3-13(19)4-6-14/h3-7,10H,8-9H2,1-2H3. The molecule has 0 atom stereocenters. The molecule has 2 aromatic rings. The third kappa shape index (κ3) is 3.32. The third-order valence-electron chi connectivity index (χ3n) is 4.23. The Hall–Kier alpha value is -2.18. The normalized spacial score (nSPS) is 15.6. The maximum Gasteiger partial charge on any atom is 0.323 e. The van der Waals surface area contributed by atoms with Gasteiger partial charge in [0.2, 0.25) is 0 Å². The number of carbonyl (C=O) groups excluding carboxylic acids is 2. The van der Waals surface area contributed by atoms with Gasteiger partial charge in [-0.2, -0.15) is 0 Å². The van der Waals surface area contributed by atoms with E-state index in [0.29, 0.717) is 5.02 Å². The average molecular weight is 378 g/mol. The summed E-state index contributed by atoms with van der Waals surface area (Å²) in [5.41, 5.74) is 1.32. The average Bonchev–Trinajstić information content (AvgIpc) is 3.02. The van der Waals surface area contributed by atoms with Crippen LogP contribution in [-0.4, -0.2) is 26.2 Å². The Morgan fingerprint density at radius 1 is 1.08 bits per heavy atom. The first-order valence-electron chi connectivity index (χ1n) is 7.56. The summed E-state index contributed by atoms with van der Waals surface area (Å²) in [6.07, 6.45) is 0.526. The smallest absolute Gasteiger partial charge is 0.323 e. The summed E-state index contributed by atoms with van der Waals surface area (Å²) < 4.78 is 10.5. The fraction of sp³-hybridized carbons (Fsp3) is 0.278. The second-order valence-corrected chi connectivity index (χ2v) is 7.10. The Bertz CT molecular complexity index is 873. The van der Waals surface area contributed by atoms with E-state index in [2.05, 4.69) is 4.99 Å². The van der Waals surface area contributed by atoms with Crippen molar-refractivity contribution in [1.29, 1.82) is 0 Å². The molecule has 1 aromatic carbocycles. The number of hydrogen-bond acceptors (Lipinski definition) is 6. The number of benzene rings is 1. The summed E-state index contributed by atoms with van der Waals surface area (Å²) in [6.45, 7) is 0. The Morgan fingerprint density at radius 3 is 2.28 bits per heavy atom. The first-order chi connectivity index (χ1) is 12.0. The molecule has 130 valence electrons. The van der Waals surface area contributed by atoms with Gasteiger partial charge in [0, 0.05) is 11.4 Å². The van der Waals surface area contributed by atoms with Gasteiger partial charge in [-0.05, 0) is 53.3 Å². The largest absolute Gasteiger partial charge is 0.468 e. The molecule has 0 amide bonds. The summed E-state index contributed by atoms with van der Waals surface area (Å²) in [5, 5.41) is 2.58. The van der Waals surface area contributed by atoms with Crippen LogP contribution in [0.15, 0.2) is 40.7 Å². The molecule has 5 nitrogen and oxygen atoms in total. The zero-order valence-electron chi connectivity index (χ0n) is 13.7. The molecule has 1 aliphatic rings. The van der Waals surface area contributed by atoms with Crippen LogP contribution < -0.4 is 4.67 Å². The Labute approximate surface area is 153 Å². The predicted molar refractivity (Wildman–Crippen MR) is 94.9 cm³/mol. The molecule has 0 saturated carbocycles. The Kier molecular flexibility index (Phi) is 4.92. The molecule has 1 aliphatic carbocycles. The van der Waals surface area contributed by atoms with Crippen LogP contribution in [0.3, 0.4) is 0 Å². The lowest BCUT2D eigenvalue weighted by atomic mass is 9.85. The van der Waals surface area contributed by atoms with Crippen molar-refractivity contribution in [3.8, 4) is 0 Å². The summed E-state index contributed by atoms with van der Waals surface area (Å²) >= 11 is 7.34. The van der Waals surface area contributed by atoms with E-state index in [-0.39, 0.29) is 12.8 Å². The second kappa shape index (κ2) is 6.98. The number of rotatable bonds is 3. The highest BCUT2D eigenvalue weighted by molar-refractivity contribution is 7.07. The van der Waals surface area contributed by atoms with Crippen LogP contribution in [0.2, 0.25) is 5.02 Å². The highest BCUT2D eigenvalue weighted by Crippen LogP contribution is 2.39. The molecule has 0 saturated heterocycles. The van der Waals surface area contributed by atoms with E-state index in [0.717, 1.165) is 21.5 Å². The molecule has 25 heavy (non-hydrogen) atoms. The molecule has 0 aliphatic heterocycles. The lowest BCUT2D eigenvalue weighted by Gasteiger charge is -2.22. The van der Waals surface area contributed by atoms with E-state index in [1.54, 1.807) is 12.1 Å². The highest BCUT2D eigenvalue weighted by atomic mass is 35.5. The lowest BCUT2D eigenvalue weighted by molar-refractivity contribution is -0.168. The van der Waals surface area contributed by atoms with Crippen LogP contribution in [0.5, 0.6) is 0 Å². The SMILES string of the molecule is COC(=O)C1(C(=O)OC)Cc2csc(=Nc3ccc(Cl)cc3)cc2C1. The van der Waals surface area contributed by atoms with Gasteiger partial charge in [-0.1, -0.05) is 11.6 Å². The van der Waals surface area contributed by atoms with Gasteiger partial charge in [0.25, 0.3) is 0 Å². The molecule has 3 rings (SSSR count). The topological polar surface area (TPSA) is 65.0 Å². The van der Waals surface area contributed by atoms with Crippen LogP contribution in [0, 0.1) is 5.41 Å². The predicted octanol–water partition coefficient (Wildman–Crippen LogP) is 3.06. The van der Waals surface area contributed by atoms with Gasteiger partial charge in [-0.3, -0.25) is 9.59 Å². The van der Waals surface area contributed by atoms with E-state index in [4.69, 9.17) is 21.1 Å². The molecule has 0 unspecified atom stereocenters. The maximum absolute atomic E-state index is 12.3. The Morgan fingerprint density at radius 2 is 1.68 bits per heavy atom. The molecule has 1 heterocycles. The summed E-state index contributed by atoms with van der Waals surface area (Å²) in [5.74, 6) is -1.14. The number of halogens is 1. The molecular weight excluding hydrogens is 362 g/mol. The molecule has 7 heteroatoms. The van der Waals surface area contributed by atoms with E-state index in [1.807, 2.05) is 23.6 Å². The minimum absolute atomic E-state index is 0.248. The monoisotopic (exact) mass is 377 g/mol. The number of carbonyl (C=O) groups is 2. The number of esters is 2. The van der Waals surface area contributed by atoms with Crippen molar-refractivity contribution < 1.29 is 19.1 Å². The molecule has 0 fully saturated rings. The molecule has 0 radical (unpaired) electrons. The first kappa shape index (κ1) is 17.6. The van der Waals surface area contributed by atoms with Gasteiger partial charge in [-0.25, -0.2) is 4.99 Å².